The van der Waals surface area contributed by atoms with Crippen molar-refractivity contribution in [1.29, 1.82) is 0 Å². The second kappa shape index (κ2) is 4.04. The SMILES string of the molecule is C=C(C)C(=O)O[N+](C)(C)CC(=O)O. The summed E-state index contributed by atoms with van der Waals surface area (Å²) in [6.45, 7) is 4.61. The van der Waals surface area contributed by atoms with E-state index in [2.05, 4.69) is 6.58 Å². The van der Waals surface area contributed by atoms with Gasteiger partial charge in [0.2, 0.25) is 6.54 Å². The van der Waals surface area contributed by atoms with E-state index in [9.17, 15) is 9.59 Å². The molecular weight excluding hydrogens is 174 g/mol. The van der Waals surface area contributed by atoms with Crippen molar-refractivity contribution in [3.8, 4) is 0 Å². The minimum atomic E-state index is -1.03. The van der Waals surface area contributed by atoms with Crippen LogP contribution in [-0.2, 0) is 14.4 Å². The first-order chi connectivity index (χ1) is 5.74. The summed E-state index contributed by atoms with van der Waals surface area (Å²) in [5.41, 5.74) is 0.247. The van der Waals surface area contributed by atoms with Crippen LogP contribution in [0.5, 0.6) is 0 Å². The van der Waals surface area contributed by atoms with Crippen LogP contribution in [0.1, 0.15) is 6.92 Å². The lowest BCUT2D eigenvalue weighted by atomic mass is 10.4. The average Bonchev–Trinajstić information content (AvgIpc) is 1.81. The van der Waals surface area contributed by atoms with Crippen LogP contribution in [0.3, 0.4) is 0 Å². The normalized spacial score (nSPS) is 10.7. The van der Waals surface area contributed by atoms with Crippen LogP contribution < -0.4 is 0 Å². The summed E-state index contributed by atoms with van der Waals surface area (Å²) in [4.78, 5) is 26.2. The Labute approximate surface area is 76.8 Å². The van der Waals surface area contributed by atoms with E-state index >= 15 is 0 Å². The number of hydrogen-bond donors (Lipinski definition) is 1. The Bertz CT molecular complexity index is 245. The predicted octanol–water partition coefficient (Wildman–Crippen LogP) is 0.182. The Morgan fingerprint density at radius 1 is 1.46 bits per heavy atom. The van der Waals surface area contributed by atoms with E-state index in [4.69, 9.17) is 9.94 Å². The first-order valence-corrected chi connectivity index (χ1v) is 3.69. The van der Waals surface area contributed by atoms with Gasteiger partial charge in [0.1, 0.15) is 14.1 Å². The molecule has 0 heterocycles. The summed E-state index contributed by atoms with van der Waals surface area (Å²) in [5, 5.41) is 8.47. The molecule has 0 saturated heterocycles. The van der Waals surface area contributed by atoms with Gasteiger partial charge in [-0.15, -0.1) is 4.65 Å². The van der Waals surface area contributed by atoms with Gasteiger partial charge < -0.3 is 5.11 Å². The summed E-state index contributed by atoms with van der Waals surface area (Å²) < 4.78 is -0.346. The van der Waals surface area contributed by atoms with E-state index in [0.717, 1.165) is 0 Å². The lowest BCUT2D eigenvalue weighted by Crippen LogP contribution is -2.45. The molecule has 0 aliphatic heterocycles. The third-order valence-corrected chi connectivity index (χ3v) is 1.19. The van der Waals surface area contributed by atoms with Crippen molar-refractivity contribution in [2.75, 3.05) is 20.6 Å². The average molecular weight is 188 g/mol. The number of likely N-dealkylation sites (N-methyl/N-ethyl adjacent to an activating group) is 1. The standard InChI is InChI=1S/C8H13NO4/c1-6(2)8(12)13-9(3,4)5-7(10)11/h1,5H2,2-4H3/p+1. The zero-order valence-electron chi connectivity index (χ0n) is 8.03. The van der Waals surface area contributed by atoms with Gasteiger partial charge in [-0.3, -0.25) is 4.84 Å². The van der Waals surface area contributed by atoms with Gasteiger partial charge in [-0.1, -0.05) is 6.58 Å². The van der Waals surface area contributed by atoms with Crippen molar-refractivity contribution in [2.24, 2.45) is 0 Å². The lowest BCUT2D eigenvalue weighted by molar-refractivity contribution is -1.05. The number of aliphatic carboxylic acids is 1. The molecule has 13 heavy (non-hydrogen) atoms. The predicted molar refractivity (Wildman–Crippen MR) is 45.5 cm³/mol. The van der Waals surface area contributed by atoms with Gasteiger partial charge >= 0.3 is 11.9 Å². The maximum absolute atomic E-state index is 11.0. The van der Waals surface area contributed by atoms with Crippen LogP contribution in [0.25, 0.3) is 0 Å². The molecule has 5 nitrogen and oxygen atoms in total. The van der Waals surface area contributed by atoms with Crippen LogP contribution >= 0.6 is 0 Å². The van der Waals surface area contributed by atoms with Gasteiger partial charge in [0.05, 0.1) is 0 Å². The third-order valence-electron chi connectivity index (χ3n) is 1.19. The Balaban J connectivity index is 4.24. The maximum Gasteiger partial charge on any atom is 0.392 e. The molecule has 0 radical (unpaired) electrons. The first-order valence-electron chi connectivity index (χ1n) is 3.69. The highest BCUT2D eigenvalue weighted by atomic mass is 16.7. The lowest BCUT2D eigenvalue weighted by Gasteiger charge is -2.23. The first kappa shape index (κ1) is 11.6. The van der Waals surface area contributed by atoms with Gasteiger partial charge in [0.25, 0.3) is 0 Å². The van der Waals surface area contributed by atoms with E-state index in [1.54, 1.807) is 0 Å². The highest BCUT2D eigenvalue weighted by Crippen LogP contribution is 2.02. The largest absolute Gasteiger partial charge is 0.477 e. The van der Waals surface area contributed by atoms with Crippen molar-refractivity contribution in [1.82, 2.24) is 0 Å². The van der Waals surface area contributed by atoms with Gasteiger partial charge in [-0.25, -0.2) is 9.59 Å². The molecule has 0 spiro atoms. The number of carboxylic acids is 1. The Hall–Kier alpha value is -1.36. The molecule has 5 heteroatoms. The maximum atomic E-state index is 11.0. The number of hydrogen-bond acceptors (Lipinski definition) is 3. The second-order valence-electron chi connectivity index (χ2n) is 3.28. The van der Waals surface area contributed by atoms with E-state index in [1.807, 2.05) is 0 Å². The number of nitrogens with zero attached hydrogens (tertiary/aromatic N) is 1. The van der Waals surface area contributed by atoms with Gasteiger partial charge in [0.15, 0.2) is 0 Å². The molecule has 0 aromatic heterocycles. The zero-order chi connectivity index (χ0) is 10.6. The van der Waals surface area contributed by atoms with Crippen LogP contribution in [0.15, 0.2) is 12.2 Å². The summed E-state index contributed by atoms with van der Waals surface area (Å²) >= 11 is 0. The fraction of sp³-hybridized carbons (Fsp3) is 0.500. The monoisotopic (exact) mass is 188 g/mol. The zero-order valence-corrected chi connectivity index (χ0v) is 8.03. The van der Waals surface area contributed by atoms with E-state index < -0.39 is 11.9 Å². The van der Waals surface area contributed by atoms with E-state index in [-0.39, 0.29) is 16.8 Å². The van der Waals surface area contributed by atoms with Crippen LogP contribution in [0.2, 0.25) is 0 Å². The number of quaternary nitrogens is 1. The van der Waals surface area contributed by atoms with Crippen molar-refractivity contribution in [3.05, 3.63) is 12.2 Å². The highest BCUT2D eigenvalue weighted by molar-refractivity contribution is 5.86. The molecule has 0 bridgehead atoms. The molecule has 0 atom stereocenters. The molecule has 0 amide bonds. The minimum Gasteiger partial charge on any atom is -0.477 e. The molecule has 0 saturated carbocycles. The summed E-state index contributed by atoms with van der Waals surface area (Å²) in [6, 6.07) is 0. The molecule has 74 valence electrons. The molecule has 0 aliphatic rings. The van der Waals surface area contributed by atoms with Crippen LogP contribution in [0, 0.1) is 0 Å². The number of carbonyl (C=O) groups is 2. The molecule has 0 fully saturated rings. The van der Waals surface area contributed by atoms with Crippen molar-refractivity contribution < 1.29 is 24.2 Å². The van der Waals surface area contributed by atoms with Gasteiger partial charge in [-0.2, -0.15) is 0 Å². The van der Waals surface area contributed by atoms with Crippen LogP contribution in [-0.4, -0.2) is 42.3 Å². The second-order valence-corrected chi connectivity index (χ2v) is 3.28. The summed E-state index contributed by atoms with van der Waals surface area (Å²) in [5.74, 6) is -1.62. The molecule has 1 N–H and O–H groups in total. The number of carboxylic acid groups (broad SMARTS) is 1. The minimum absolute atomic E-state index is 0.247. The molecule has 0 aliphatic carbocycles. The summed E-state index contributed by atoms with van der Waals surface area (Å²) in [6.07, 6.45) is 0. The van der Waals surface area contributed by atoms with Crippen LogP contribution in [0.4, 0.5) is 0 Å². The topological polar surface area (TPSA) is 63.6 Å². The van der Waals surface area contributed by atoms with E-state index in [1.165, 1.54) is 21.0 Å². The van der Waals surface area contributed by atoms with Gasteiger partial charge in [-0.05, 0) is 6.92 Å². The van der Waals surface area contributed by atoms with Crippen molar-refractivity contribution in [2.45, 2.75) is 6.92 Å². The smallest absolute Gasteiger partial charge is 0.392 e. The molecule has 0 rings (SSSR count). The summed E-state index contributed by atoms with van der Waals surface area (Å²) in [7, 11) is 2.96. The Kier molecular flexibility index (Phi) is 3.62. The molecule has 0 aromatic rings. The Morgan fingerprint density at radius 2 is 1.92 bits per heavy atom. The fourth-order valence-electron chi connectivity index (χ4n) is 0.660. The fourth-order valence-corrected chi connectivity index (χ4v) is 0.660. The number of rotatable bonds is 4. The Morgan fingerprint density at radius 3 is 2.23 bits per heavy atom. The molecule has 0 unspecified atom stereocenters. The van der Waals surface area contributed by atoms with E-state index in [0.29, 0.717) is 0 Å². The van der Waals surface area contributed by atoms with Crippen molar-refractivity contribution in [3.63, 3.8) is 0 Å². The number of hydroxylamine groups is 3. The number of carbonyl (C=O) groups excluding carboxylic acids is 1. The quantitative estimate of drug-likeness (QED) is 0.388. The highest BCUT2D eigenvalue weighted by Gasteiger charge is 2.25. The molecule has 0 aromatic carbocycles. The third kappa shape index (κ3) is 4.97. The van der Waals surface area contributed by atoms with Gasteiger partial charge in [0, 0.05) is 5.57 Å². The molecular formula is C8H14NO4+. The van der Waals surface area contributed by atoms with Crippen molar-refractivity contribution >= 4 is 11.9 Å².